The zero-order valence-electron chi connectivity index (χ0n) is 23.7. The molecule has 1 fully saturated rings. The Kier molecular flexibility index (Phi) is 17.7. The van der Waals surface area contributed by atoms with Gasteiger partial charge in [-0.2, -0.15) is 13.2 Å². The number of hydrogen-bond acceptors (Lipinski definition) is 4. The molecule has 226 valence electrons. The van der Waals surface area contributed by atoms with Gasteiger partial charge in [0.2, 0.25) is 6.41 Å². The van der Waals surface area contributed by atoms with Gasteiger partial charge in [0.25, 0.3) is 12.0 Å². The van der Waals surface area contributed by atoms with Gasteiger partial charge in [-0.05, 0) is 44.7 Å². The first-order valence-corrected chi connectivity index (χ1v) is 14.6. The van der Waals surface area contributed by atoms with E-state index in [0.717, 1.165) is 46.9 Å². The van der Waals surface area contributed by atoms with Crippen LogP contribution in [-0.4, -0.2) is 39.5 Å². The lowest BCUT2D eigenvalue weighted by molar-refractivity contribution is -0.128. The second-order valence-corrected chi connectivity index (χ2v) is 11.1. The van der Waals surface area contributed by atoms with Crippen molar-refractivity contribution < 1.29 is 31.5 Å². The highest BCUT2D eigenvalue weighted by Crippen LogP contribution is 2.44. The van der Waals surface area contributed by atoms with Crippen LogP contribution in [0.2, 0.25) is 0 Å². The molecule has 4 unspecified atom stereocenters. The van der Waals surface area contributed by atoms with E-state index in [2.05, 4.69) is 19.2 Å². The van der Waals surface area contributed by atoms with Gasteiger partial charge in [0.1, 0.15) is 11.4 Å². The van der Waals surface area contributed by atoms with Crippen molar-refractivity contribution in [1.82, 2.24) is 4.57 Å². The third-order valence-electron chi connectivity index (χ3n) is 5.56. The van der Waals surface area contributed by atoms with Gasteiger partial charge in [0.15, 0.2) is 0 Å². The van der Waals surface area contributed by atoms with Crippen LogP contribution in [0, 0.1) is 0 Å². The molecule has 5 nitrogen and oxygen atoms in total. The van der Waals surface area contributed by atoms with Crippen molar-refractivity contribution in [2.75, 3.05) is 5.32 Å². The highest BCUT2D eigenvalue weighted by atomic mass is 35.5. The minimum absolute atomic E-state index is 0.0525. The summed E-state index contributed by atoms with van der Waals surface area (Å²) in [5, 5.41) is 0.736. The van der Waals surface area contributed by atoms with E-state index in [4.69, 9.17) is 16.3 Å². The highest BCUT2D eigenvalue weighted by Gasteiger charge is 2.47. The Morgan fingerprint density at radius 1 is 1.26 bits per heavy atom. The van der Waals surface area contributed by atoms with Crippen molar-refractivity contribution in [2.45, 2.75) is 122 Å². The highest BCUT2D eigenvalue weighted by molar-refractivity contribution is 8.01. The van der Waals surface area contributed by atoms with Gasteiger partial charge < -0.3 is 14.6 Å². The Balaban J connectivity index is 0.000000751. The van der Waals surface area contributed by atoms with Crippen LogP contribution in [0.3, 0.4) is 0 Å². The number of halogens is 6. The Labute approximate surface area is 237 Å². The fraction of sp³-hybridized carbons (Fsp3) is 0.704. The maximum absolute atomic E-state index is 12.6. The van der Waals surface area contributed by atoms with Gasteiger partial charge in [-0.3, -0.25) is 9.59 Å². The summed E-state index contributed by atoms with van der Waals surface area (Å²) in [5.74, 6) is 0.853. The monoisotopic (exact) mass is 604 g/mol. The molecule has 1 aromatic rings. The first-order chi connectivity index (χ1) is 18.2. The van der Waals surface area contributed by atoms with Gasteiger partial charge in [-0.15, -0.1) is 23.4 Å². The molecule has 0 aromatic carbocycles. The van der Waals surface area contributed by atoms with Crippen LogP contribution in [0.1, 0.15) is 92.2 Å². The molecule has 1 saturated heterocycles. The number of rotatable bonds is 7. The number of aromatic nitrogens is 1. The number of hydrogen-bond donors (Lipinski definition) is 1. The standard InChI is InChI=1S/C16H20F2N2O3.C6H8ClF3S.C3H8.C2H6/c1-10-4-3-5-14(10)23-11(2)13-6-12(19-9-21)7-20(16(13)22)8-15(17)18;1-3-4(7)2-5(11-3)6(8,9)10;1-3-2;1-2/h6-7,9,11,15H,3-5,8H2,1-2H3,(H,19,21);3-5H,2H2,1H3;3H2,1-2H3;1-2H3. The maximum Gasteiger partial charge on any atom is 0.400 e. The molecule has 12 heteroatoms. The minimum atomic E-state index is -4.08. The Bertz CT molecular complexity index is 946. The van der Waals surface area contributed by atoms with Gasteiger partial charge in [0.05, 0.1) is 23.6 Å². The van der Waals surface area contributed by atoms with E-state index < -0.39 is 36.1 Å². The van der Waals surface area contributed by atoms with E-state index >= 15 is 0 Å². The fourth-order valence-electron chi connectivity index (χ4n) is 3.69. The maximum atomic E-state index is 12.6. The van der Waals surface area contributed by atoms with Crippen LogP contribution in [0.4, 0.5) is 27.6 Å². The van der Waals surface area contributed by atoms with Crippen LogP contribution < -0.4 is 10.9 Å². The number of carbonyl (C=O) groups excluding carboxylic acids is 1. The number of thioether (sulfide) groups is 1. The van der Waals surface area contributed by atoms with Crippen molar-refractivity contribution in [3.05, 3.63) is 39.5 Å². The average Bonchev–Trinajstić information content (AvgIpc) is 3.42. The molecule has 2 heterocycles. The summed E-state index contributed by atoms with van der Waals surface area (Å²) in [5.41, 5.74) is 1.13. The SMILES string of the molecule is CC.CC1=C(OC(C)c2cc(NC=O)cn(CC(F)F)c2=O)CCC1.CC1SC(C(F)(F)F)CC1Cl.CCC. The van der Waals surface area contributed by atoms with Crippen LogP contribution in [0.25, 0.3) is 0 Å². The third kappa shape index (κ3) is 13.0. The summed E-state index contributed by atoms with van der Waals surface area (Å²) in [6.07, 6.45) is -1.59. The van der Waals surface area contributed by atoms with E-state index in [1.165, 1.54) is 18.7 Å². The largest absolute Gasteiger partial charge is 0.490 e. The number of nitrogens with one attached hydrogen (secondary N) is 1. The molecule has 0 radical (unpaired) electrons. The average molecular weight is 605 g/mol. The number of amides is 1. The first-order valence-electron chi connectivity index (χ1n) is 13.2. The molecule has 1 aliphatic carbocycles. The molecule has 1 aliphatic heterocycles. The molecule has 1 aromatic heterocycles. The number of pyridine rings is 1. The van der Waals surface area contributed by atoms with Crippen LogP contribution in [0.15, 0.2) is 28.4 Å². The molecule has 1 N–H and O–H groups in total. The van der Waals surface area contributed by atoms with Crippen molar-refractivity contribution in [3.8, 4) is 0 Å². The second kappa shape index (κ2) is 18.6. The smallest absolute Gasteiger partial charge is 0.400 e. The third-order valence-corrected chi connectivity index (χ3v) is 7.81. The lowest BCUT2D eigenvalue weighted by Gasteiger charge is -2.18. The van der Waals surface area contributed by atoms with Crippen LogP contribution >= 0.6 is 23.4 Å². The summed E-state index contributed by atoms with van der Waals surface area (Å²) >= 11 is 6.57. The summed E-state index contributed by atoms with van der Waals surface area (Å²) in [7, 11) is 0. The number of nitrogens with zero attached hydrogens (tertiary/aromatic N) is 1. The Hall–Kier alpha value is -1.75. The zero-order valence-corrected chi connectivity index (χ0v) is 25.3. The molecular formula is C27H42ClF5N2O3S. The van der Waals surface area contributed by atoms with E-state index in [1.807, 2.05) is 20.8 Å². The van der Waals surface area contributed by atoms with E-state index in [9.17, 15) is 31.5 Å². The van der Waals surface area contributed by atoms with Gasteiger partial charge in [0, 0.05) is 23.2 Å². The number of anilines is 1. The molecule has 2 aliphatic rings. The normalized spacial score (nSPS) is 21.1. The van der Waals surface area contributed by atoms with Crippen LogP contribution in [-0.2, 0) is 16.1 Å². The molecular weight excluding hydrogens is 563 g/mol. The summed E-state index contributed by atoms with van der Waals surface area (Å²) < 4.78 is 68.1. The van der Waals surface area contributed by atoms with Gasteiger partial charge in [-0.1, -0.05) is 41.0 Å². The molecule has 39 heavy (non-hydrogen) atoms. The van der Waals surface area contributed by atoms with E-state index in [0.29, 0.717) is 6.41 Å². The Morgan fingerprint density at radius 3 is 2.23 bits per heavy atom. The Morgan fingerprint density at radius 2 is 1.85 bits per heavy atom. The predicted molar refractivity (Wildman–Crippen MR) is 151 cm³/mol. The molecule has 1 amide bonds. The fourth-order valence-corrected chi connectivity index (χ4v) is 5.43. The number of alkyl halides is 6. The van der Waals surface area contributed by atoms with Crippen molar-refractivity contribution in [2.24, 2.45) is 0 Å². The first kappa shape index (κ1) is 37.2. The van der Waals surface area contributed by atoms with Crippen molar-refractivity contribution >= 4 is 35.5 Å². The molecule has 3 rings (SSSR count). The van der Waals surface area contributed by atoms with Crippen molar-refractivity contribution in [1.29, 1.82) is 0 Å². The number of allylic oxidation sites excluding steroid dienone is 2. The lowest BCUT2D eigenvalue weighted by atomic mass is 10.1. The summed E-state index contributed by atoms with van der Waals surface area (Å²) in [4.78, 5) is 23.0. The lowest BCUT2D eigenvalue weighted by Crippen LogP contribution is -2.28. The zero-order chi connectivity index (χ0) is 30.3. The van der Waals surface area contributed by atoms with E-state index in [-0.39, 0.29) is 28.3 Å². The second-order valence-electron chi connectivity index (χ2n) is 8.94. The topological polar surface area (TPSA) is 60.3 Å². The summed E-state index contributed by atoms with van der Waals surface area (Å²) in [6.45, 7) is 12.9. The quantitative estimate of drug-likeness (QED) is 0.192. The van der Waals surface area contributed by atoms with Crippen molar-refractivity contribution in [3.63, 3.8) is 0 Å². The van der Waals surface area contributed by atoms with E-state index in [1.54, 1.807) is 13.8 Å². The predicted octanol–water partition coefficient (Wildman–Crippen LogP) is 8.71. The van der Waals surface area contributed by atoms with Gasteiger partial charge >= 0.3 is 6.18 Å². The molecule has 0 bridgehead atoms. The number of carbonyl (C=O) groups is 1. The number of ether oxygens (including phenoxy) is 1. The molecule has 0 saturated carbocycles. The van der Waals surface area contributed by atoms with Crippen LogP contribution in [0.5, 0.6) is 0 Å². The molecule has 0 spiro atoms. The minimum Gasteiger partial charge on any atom is -0.490 e. The molecule has 4 atom stereocenters. The summed E-state index contributed by atoms with van der Waals surface area (Å²) in [6, 6.07) is 1.47. The van der Waals surface area contributed by atoms with Gasteiger partial charge in [-0.25, -0.2) is 8.78 Å².